The van der Waals surface area contributed by atoms with Gasteiger partial charge in [0.2, 0.25) is 15.9 Å². The molecule has 144 valence electrons. The molecule has 27 heavy (non-hydrogen) atoms. The number of hydrogen-bond donors (Lipinski definition) is 1. The molecule has 1 N–H and O–H groups in total. The largest absolute Gasteiger partial charge is 0.494 e. The van der Waals surface area contributed by atoms with Gasteiger partial charge in [-0.1, -0.05) is 24.3 Å². The van der Waals surface area contributed by atoms with Crippen LogP contribution in [0.1, 0.15) is 25.7 Å². The highest BCUT2D eigenvalue weighted by atomic mass is 32.2. The van der Waals surface area contributed by atoms with Crippen LogP contribution >= 0.6 is 0 Å². The maximum Gasteiger partial charge on any atom is 0.243 e. The number of hydrogen-bond acceptors (Lipinski definition) is 4. The standard InChI is InChI=1S/C20H24N2O4S/c23-20(12-7-15-26-18-9-2-1-3-10-18)21-17-8-6-11-19(16-17)27(24,25)22-13-4-5-14-22/h1-3,6,8-11,16H,4-5,7,12-15H2,(H,21,23). The van der Waals surface area contributed by atoms with Gasteiger partial charge in [0, 0.05) is 25.2 Å². The summed E-state index contributed by atoms with van der Waals surface area (Å²) >= 11 is 0. The molecule has 2 aromatic rings. The van der Waals surface area contributed by atoms with Crippen molar-refractivity contribution in [2.75, 3.05) is 25.0 Å². The monoisotopic (exact) mass is 388 g/mol. The molecule has 1 saturated heterocycles. The lowest BCUT2D eigenvalue weighted by Crippen LogP contribution is -2.27. The van der Waals surface area contributed by atoms with Gasteiger partial charge < -0.3 is 10.1 Å². The molecule has 0 unspecified atom stereocenters. The Morgan fingerprint density at radius 1 is 1.04 bits per heavy atom. The van der Waals surface area contributed by atoms with E-state index in [1.807, 2.05) is 30.3 Å². The normalized spacial score (nSPS) is 14.8. The number of nitrogens with zero attached hydrogens (tertiary/aromatic N) is 1. The lowest BCUT2D eigenvalue weighted by Gasteiger charge is -2.16. The third-order valence-electron chi connectivity index (χ3n) is 4.38. The van der Waals surface area contributed by atoms with Gasteiger partial charge in [0.1, 0.15) is 5.75 Å². The number of carbonyl (C=O) groups excluding carboxylic acids is 1. The molecule has 0 atom stereocenters. The third kappa shape index (κ3) is 5.30. The van der Waals surface area contributed by atoms with Gasteiger partial charge in [-0.25, -0.2) is 8.42 Å². The Balaban J connectivity index is 1.51. The average Bonchev–Trinajstić information content (AvgIpc) is 3.22. The lowest BCUT2D eigenvalue weighted by atomic mass is 10.2. The highest BCUT2D eigenvalue weighted by molar-refractivity contribution is 7.89. The summed E-state index contributed by atoms with van der Waals surface area (Å²) in [6.45, 7) is 1.56. The van der Waals surface area contributed by atoms with E-state index in [1.54, 1.807) is 18.2 Å². The van der Waals surface area contributed by atoms with Crippen LogP contribution in [0.2, 0.25) is 0 Å². The van der Waals surface area contributed by atoms with Crippen LogP contribution in [-0.2, 0) is 14.8 Å². The molecule has 6 nitrogen and oxygen atoms in total. The van der Waals surface area contributed by atoms with Gasteiger partial charge in [-0.15, -0.1) is 0 Å². The summed E-state index contributed by atoms with van der Waals surface area (Å²) in [5.41, 5.74) is 0.490. The van der Waals surface area contributed by atoms with E-state index in [1.165, 1.54) is 10.4 Å². The van der Waals surface area contributed by atoms with Gasteiger partial charge in [-0.3, -0.25) is 4.79 Å². The van der Waals surface area contributed by atoms with Gasteiger partial charge in [0.05, 0.1) is 11.5 Å². The van der Waals surface area contributed by atoms with Crippen molar-refractivity contribution in [3.05, 3.63) is 54.6 Å². The number of rotatable bonds is 8. The van der Waals surface area contributed by atoms with Crippen molar-refractivity contribution in [2.24, 2.45) is 0 Å². The van der Waals surface area contributed by atoms with Crippen LogP contribution in [0.15, 0.2) is 59.5 Å². The second kappa shape index (κ2) is 9.01. The minimum absolute atomic E-state index is 0.164. The Morgan fingerprint density at radius 2 is 1.78 bits per heavy atom. The second-order valence-electron chi connectivity index (χ2n) is 6.45. The first kappa shape index (κ1) is 19.4. The van der Waals surface area contributed by atoms with Crippen molar-refractivity contribution >= 4 is 21.6 Å². The van der Waals surface area contributed by atoms with Gasteiger partial charge in [-0.05, 0) is 49.6 Å². The average molecular weight is 388 g/mol. The molecule has 0 bridgehead atoms. The number of amides is 1. The van der Waals surface area contributed by atoms with Crippen molar-refractivity contribution in [1.29, 1.82) is 0 Å². The van der Waals surface area contributed by atoms with E-state index in [0.717, 1.165) is 18.6 Å². The van der Waals surface area contributed by atoms with E-state index in [2.05, 4.69) is 5.32 Å². The number of nitrogens with one attached hydrogen (secondary N) is 1. The van der Waals surface area contributed by atoms with E-state index in [4.69, 9.17) is 4.74 Å². The topological polar surface area (TPSA) is 75.7 Å². The predicted molar refractivity (Wildman–Crippen MR) is 104 cm³/mol. The lowest BCUT2D eigenvalue weighted by molar-refractivity contribution is -0.116. The zero-order valence-electron chi connectivity index (χ0n) is 15.1. The molecular formula is C20H24N2O4S. The number of para-hydroxylation sites is 1. The van der Waals surface area contributed by atoms with E-state index < -0.39 is 10.0 Å². The van der Waals surface area contributed by atoms with Crippen LogP contribution in [0.3, 0.4) is 0 Å². The number of ether oxygens (including phenoxy) is 1. The Hall–Kier alpha value is -2.38. The van der Waals surface area contributed by atoms with Crippen LogP contribution in [-0.4, -0.2) is 38.3 Å². The Labute approximate surface area is 160 Å². The van der Waals surface area contributed by atoms with Crippen molar-refractivity contribution < 1.29 is 17.9 Å². The van der Waals surface area contributed by atoms with Crippen LogP contribution < -0.4 is 10.1 Å². The summed E-state index contributed by atoms with van der Waals surface area (Å²) in [6.07, 6.45) is 2.66. The molecule has 1 fully saturated rings. The summed E-state index contributed by atoms with van der Waals surface area (Å²) < 4.78 is 32.3. The summed E-state index contributed by atoms with van der Waals surface area (Å²) in [4.78, 5) is 12.3. The van der Waals surface area contributed by atoms with Gasteiger partial charge in [0.25, 0.3) is 0 Å². The smallest absolute Gasteiger partial charge is 0.243 e. The van der Waals surface area contributed by atoms with Crippen molar-refractivity contribution in [3.63, 3.8) is 0 Å². The maximum absolute atomic E-state index is 12.6. The molecule has 0 aliphatic carbocycles. The fraction of sp³-hybridized carbons (Fsp3) is 0.350. The van der Waals surface area contributed by atoms with Crippen molar-refractivity contribution in [1.82, 2.24) is 4.31 Å². The van der Waals surface area contributed by atoms with Crippen molar-refractivity contribution in [3.8, 4) is 5.75 Å². The molecule has 0 spiro atoms. The Bertz CT molecular complexity index is 863. The van der Waals surface area contributed by atoms with E-state index in [9.17, 15) is 13.2 Å². The molecule has 1 heterocycles. The first-order valence-corrected chi connectivity index (χ1v) is 10.6. The Morgan fingerprint density at radius 3 is 2.52 bits per heavy atom. The third-order valence-corrected chi connectivity index (χ3v) is 6.28. The van der Waals surface area contributed by atoms with Crippen LogP contribution in [0.5, 0.6) is 5.75 Å². The van der Waals surface area contributed by atoms with Crippen LogP contribution in [0.4, 0.5) is 5.69 Å². The van der Waals surface area contributed by atoms with Gasteiger partial charge in [0.15, 0.2) is 0 Å². The van der Waals surface area contributed by atoms with E-state index in [0.29, 0.717) is 38.2 Å². The molecule has 0 saturated carbocycles. The van der Waals surface area contributed by atoms with Crippen LogP contribution in [0.25, 0.3) is 0 Å². The minimum Gasteiger partial charge on any atom is -0.494 e. The Kier molecular flexibility index (Phi) is 6.47. The summed E-state index contributed by atoms with van der Waals surface area (Å²) in [7, 11) is -3.49. The molecule has 2 aromatic carbocycles. The number of sulfonamides is 1. The van der Waals surface area contributed by atoms with E-state index in [-0.39, 0.29) is 10.8 Å². The molecule has 1 amide bonds. The molecule has 7 heteroatoms. The highest BCUT2D eigenvalue weighted by Crippen LogP contribution is 2.23. The number of anilines is 1. The molecule has 1 aliphatic rings. The van der Waals surface area contributed by atoms with Crippen molar-refractivity contribution in [2.45, 2.75) is 30.6 Å². The quantitative estimate of drug-likeness (QED) is 0.704. The highest BCUT2D eigenvalue weighted by Gasteiger charge is 2.27. The molecule has 0 radical (unpaired) electrons. The first-order chi connectivity index (χ1) is 13.1. The maximum atomic E-state index is 12.6. The summed E-state index contributed by atoms with van der Waals surface area (Å²) in [5, 5.41) is 2.77. The molecule has 0 aromatic heterocycles. The second-order valence-corrected chi connectivity index (χ2v) is 8.39. The zero-order chi connectivity index (χ0) is 19.1. The van der Waals surface area contributed by atoms with Crippen LogP contribution in [0, 0.1) is 0 Å². The molecule has 3 rings (SSSR count). The first-order valence-electron chi connectivity index (χ1n) is 9.14. The molecular weight excluding hydrogens is 364 g/mol. The minimum atomic E-state index is -3.49. The van der Waals surface area contributed by atoms with Gasteiger partial charge >= 0.3 is 0 Å². The predicted octanol–water partition coefficient (Wildman–Crippen LogP) is 3.27. The number of benzene rings is 2. The summed E-state index contributed by atoms with van der Waals surface area (Å²) in [5.74, 6) is 0.611. The summed E-state index contributed by atoms with van der Waals surface area (Å²) in [6, 6.07) is 15.9. The zero-order valence-corrected chi connectivity index (χ0v) is 16.0. The fourth-order valence-electron chi connectivity index (χ4n) is 2.97. The molecule has 1 aliphatic heterocycles. The van der Waals surface area contributed by atoms with Gasteiger partial charge in [-0.2, -0.15) is 4.31 Å². The van der Waals surface area contributed by atoms with E-state index >= 15 is 0 Å². The SMILES string of the molecule is O=C(CCCOc1ccccc1)Nc1cccc(S(=O)(=O)N2CCCC2)c1. The number of carbonyl (C=O) groups is 1. The fourth-order valence-corrected chi connectivity index (χ4v) is 4.54.